The van der Waals surface area contributed by atoms with E-state index in [9.17, 15) is 4.79 Å². The Labute approximate surface area is 159 Å². The smallest absolute Gasteiger partial charge is 0.319 e. The number of methoxy groups -OCH3 is 1. The molecule has 3 aliphatic heterocycles. The molecular formula is C21H26N4O2. The van der Waals surface area contributed by atoms with Crippen LogP contribution in [0.2, 0.25) is 0 Å². The fourth-order valence-electron chi connectivity index (χ4n) is 4.44. The number of rotatable bonds is 5. The van der Waals surface area contributed by atoms with E-state index < -0.39 is 0 Å². The molecule has 1 aromatic carbocycles. The van der Waals surface area contributed by atoms with E-state index in [4.69, 9.17) is 4.74 Å². The molecule has 1 aromatic heterocycles. The van der Waals surface area contributed by atoms with Gasteiger partial charge in [0.05, 0.1) is 12.8 Å². The summed E-state index contributed by atoms with van der Waals surface area (Å²) in [7, 11) is 1.61. The lowest BCUT2D eigenvalue weighted by Gasteiger charge is -2.51. The van der Waals surface area contributed by atoms with E-state index in [0.717, 1.165) is 32.4 Å². The minimum atomic E-state index is -0.172. The number of para-hydroxylation sites is 2. The summed E-state index contributed by atoms with van der Waals surface area (Å²) < 4.78 is 5.33. The average Bonchev–Trinajstić information content (AvgIpc) is 2.71. The molecule has 2 N–H and O–H groups in total. The molecule has 2 bridgehead atoms. The lowest BCUT2D eigenvalue weighted by Crippen LogP contribution is -2.64. The first-order chi connectivity index (χ1) is 13.2. The van der Waals surface area contributed by atoms with Crippen molar-refractivity contribution in [3.8, 4) is 5.75 Å². The maximum Gasteiger partial charge on any atom is 0.319 e. The highest BCUT2D eigenvalue weighted by Gasteiger charge is 2.42. The molecule has 2 aromatic rings. The summed E-state index contributed by atoms with van der Waals surface area (Å²) in [5.41, 5.74) is 1.90. The third-order valence-electron chi connectivity index (χ3n) is 5.79. The van der Waals surface area contributed by atoms with Crippen LogP contribution in [0.1, 0.15) is 18.4 Å². The van der Waals surface area contributed by atoms with Crippen LogP contribution in [0, 0.1) is 5.92 Å². The summed E-state index contributed by atoms with van der Waals surface area (Å²) >= 11 is 0. The largest absolute Gasteiger partial charge is 0.495 e. The highest BCUT2D eigenvalue weighted by molar-refractivity contribution is 5.91. The van der Waals surface area contributed by atoms with Crippen LogP contribution >= 0.6 is 0 Å². The van der Waals surface area contributed by atoms with Gasteiger partial charge in [-0.15, -0.1) is 0 Å². The van der Waals surface area contributed by atoms with Crippen LogP contribution in [-0.2, 0) is 6.42 Å². The summed E-state index contributed by atoms with van der Waals surface area (Å²) in [5.74, 6) is 1.19. The highest BCUT2D eigenvalue weighted by atomic mass is 16.5. The Hall–Kier alpha value is -2.60. The summed E-state index contributed by atoms with van der Waals surface area (Å²) in [6, 6.07) is 11.8. The van der Waals surface area contributed by atoms with Gasteiger partial charge in [0.15, 0.2) is 0 Å². The molecule has 6 heteroatoms. The Morgan fingerprint density at radius 1 is 1.22 bits per heavy atom. The number of anilines is 1. The van der Waals surface area contributed by atoms with E-state index in [1.54, 1.807) is 13.3 Å². The van der Waals surface area contributed by atoms with Gasteiger partial charge in [-0.3, -0.25) is 9.88 Å². The van der Waals surface area contributed by atoms with Crippen LogP contribution in [0.15, 0.2) is 48.8 Å². The van der Waals surface area contributed by atoms with Crippen molar-refractivity contribution >= 4 is 11.7 Å². The van der Waals surface area contributed by atoms with Crippen LogP contribution in [0.25, 0.3) is 0 Å². The van der Waals surface area contributed by atoms with Crippen molar-refractivity contribution in [2.24, 2.45) is 5.92 Å². The summed E-state index contributed by atoms with van der Waals surface area (Å²) in [4.78, 5) is 19.5. The maximum absolute atomic E-state index is 12.7. The van der Waals surface area contributed by atoms with Gasteiger partial charge in [-0.05, 0) is 62.0 Å². The molecule has 5 rings (SSSR count). The Kier molecular flexibility index (Phi) is 5.25. The number of carbonyl (C=O) groups excluding carboxylic acids is 1. The van der Waals surface area contributed by atoms with Gasteiger partial charge in [0.2, 0.25) is 0 Å². The van der Waals surface area contributed by atoms with Crippen molar-refractivity contribution in [3.05, 3.63) is 54.4 Å². The number of nitrogens with zero attached hydrogens (tertiary/aromatic N) is 2. The van der Waals surface area contributed by atoms with Gasteiger partial charge in [-0.25, -0.2) is 4.79 Å². The Morgan fingerprint density at radius 3 is 2.78 bits per heavy atom. The molecule has 4 heterocycles. The minimum absolute atomic E-state index is 0.141. The number of hydrogen-bond donors (Lipinski definition) is 2. The molecule has 0 aliphatic carbocycles. The fourth-order valence-corrected chi connectivity index (χ4v) is 4.44. The first-order valence-electron chi connectivity index (χ1n) is 9.58. The van der Waals surface area contributed by atoms with Gasteiger partial charge >= 0.3 is 6.03 Å². The molecule has 0 unspecified atom stereocenters. The van der Waals surface area contributed by atoms with Crippen LogP contribution in [0.4, 0.5) is 10.5 Å². The molecule has 3 saturated heterocycles. The predicted molar refractivity (Wildman–Crippen MR) is 105 cm³/mol. The van der Waals surface area contributed by atoms with Crippen molar-refractivity contribution in [1.82, 2.24) is 15.2 Å². The average molecular weight is 366 g/mol. The van der Waals surface area contributed by atoms with E-state index >= 15 is 0 Å². The SMILES string of the molecule is COc1ccccc1NC(=O)N[C@@H]1C2CCN(CC2)[C@H]1Cc1cccnc1. The minimum Gasteiger partial charge on any atom is -0.495 e. The Bertz CT molecular complexity index is 775. The molecule has 6 nitrogen and oxygen atoms in total. The van der Waals surface area contributed by atoms with E-state index in [1.807, 2.05) is 36.5 Å². The number of hydrogen-bond acceptors (Lipinski definition) is 4. The van der Waals surface area contributed by atoms with E-state index in [2.05, 4.69) is 26.6 Å². The molecule has 3 aliphatic rings. The molecule has 0 spiro atoms. The number of amides is 2. The lowest BCUT2D eigenvalue weighted by molar-refractivity contribution is 0.0184. The normalized spacial score (nSPS) is 26.4. The number of fused-ring (bicyclic) bond motifs is 3. The first-order valence-corrected chi connectivity index (χ1v) is 9.58. The van der Waals surface area contributed by atoms with E-state index in [-0.39, 0.29) is 12.1 Å². The quantitative estimate of drug-likeness (QED) is 0.854. The second-order valence-corrected chi connectivity index (χ2v) is 7.33. The molecule has 3 fully saturated rings. The standard InChI is InChI=1S/C21H26N4O2/c1-27-19-7-3-2-6-17(19)23-21(26)24-20-16-8-11-25(12-9-16)18(20)13-15-5-4-10-22-14-15/h2-7,10,14,16,18,20H,8-9,11-13H2,1H3,(H2,23,24,26)/t18-,20+/m0/s1. The van der Waals surface area contributed by atoms with Crippen molar-refractivity contribution in [2.45, 2.75) is 31.3 Å². The van der Waals surface area contributed by atoms with Gasteiger partial charge in [0.1, 0.15) is 5.75 Å². The van der Waals surface area contributed by atoms with E-state index in [0.29, 0.717) is 23.4 Å². The third kappa shape index (κ3) is 3.90. The van der Waals surface area contributed by atoms with Crippen molar-refractivity contribution in [3.63, 3.8) is 0 Å². The first kappa shape index (κ1) is 17.8. The molecule has 0 radical (unpaired) electrons. The van der Waals surface area contributed by atoms with E-state index in [1.165, 1.54) is 5.56 Å². The van der Waals surface area contributed by atoms with Gasteiger partial charge in [0, 0.05) is 24.5 Å². The van der Waals surface area contributed by atoms with Gasteiger partial charge in [-0.1, -0.05) is 18.2 Å². The summed E-state index contributed by atoms with van der Waals surface area (Å²) in [6.45, 7) is 2.23. The number of aromatic nitrogens is 1. The zero-order chi connectivity index (χ0) is 18.6. The van der Waals surface area contributed by atoms with Crippen LogP contribution < -0.4 is 15.4 Å². The third-order valence-corrected chi connectivity index (χ3v) is 5.79. The fraction of sp³-hybridized carbons (Fsp3) is 0.429. The van der Waals surface area contributed by atoms with Crippen LogP contribution in [-0.4, -0.2) is 48.2 Å². The monoisotopic (exact) mass is 366 g/mol. The predicted octanol–water partition coefficient (Wildman–Crippen LogP) is 2.92. The number of benzene rings is 1. The lowest BCUT2D eigenvalue weighted by atomic mass is 9.77. The number of urea groups is 1. The number of carbonyl (C=O) groups is 1. The van der Waals surface area contributed by atoms with Crippen LogP contribution in [0.5, 0.6) is 5.75 Å². The van der Waals surface area contributed by atoms with Gasteiger partial charge in [0.25, 0.3) is 0 Å². The zero-order valence-corrected chi connectivity index (χ0v) is 15.6. The summed E-state index contributed by atoms with van der Waals surface area (Å²) in [6.07, 6.45) is 6.92. The number of ether oxygens (including phenoxy) is 1. The zero-order valence-electron chi connectivity index (χ0n) is 15.6. The van der Waals surface area contributed by atoms with Gasteiger partial charge in [-0.2, -0.15) is 0 Å². The molecule has 142 valence electrons. The topological polar surface area (TPSA) is 66.5 Å². The van der Waals surface area contributed by atoms with Crippen molar-refractivity contribution < 1.29 is 9.53 Å². The van der Waals surface area contributed by atoms with Crippen molar-refractivity contribution in [1.29, 1.82) is 0 Å². The summed E-state index contributed by atoms with van der Waals surface area (Å²) in [5, 5.41) is 6.20. The highest BCUT2D eigenvalue weighted by Crippen LogP contribution is 2.34. The molecule has 2 atom stereocenters. The molecule has 0 saturated carbocycles. The number of nitrogens with one attached hydrogen (secondary N) is 2. The molecule has 2 amide bonds. The van der Waals surface area contributed by atoms with Crippen molar-refractivity contribution in [2.75, 3.05) is 25.5 Å². The second kappa shape index (κ2) is 7.96. The van der Waals surface area contributed by atoms with Crippen LogP contribution in [0.3, 0.4) is 0 Å². The Morgan fingerprint density at radius 2 is 2.04 bits per heavy atom. The number of piperidine rings is 3. The molecular weight excluding hydrogens is 340 g/mol. The molecule has 27 heavy (non-hydrogen) atoms. The Balaban J connectivity index is 1.47. The number of pyridine rings is 1. The second-order valence-electron chi connectivity index (χ2n) is 7.33. The maximum atomic E-state index is 12.7. The van der Waals surface area contributed by atoms with Gasteiger partial charge < -0.3 is 15.4 Å².